The minimum Gasteiger partial charge on any atom is -0.481 e. The lowest BCUT2D eigenvalue weighted by Crippen LogP contribution is -2.37. The molecule has 0 saturated heterocycles. The first-order valence-corrected chi connectivity index (χ1v) is 6.56. The molecule has 104 valence electrons. The molecule has 1 aromatic carbocycles. The fourth-order valence-electron chi connectivity index (χ4n) is 1.75. The number of carboxylic acids is 1. The van der Waals surface area contributed by atoms with Crippen LogP contribution in [0.15, 0.2) is 24.3 Å². The normalized spacial score (nSPS) is 11.9. The van der Waals surface area contributed by atoms with Crippen molar-refractivity contribution in [3.05, 3.63) is 34.9 Å². The molecule has 0 aliphatic rings. The first kappa shape index (κ1) is 15.5. The molecule has 1 atom stereocenters. The second-order valence-corrected chi connectivity index (χ2v) is 4.91. The molecule has 0 unspecified atom stereocenters. The van der Waals surface area contributed by atoms with Gasteiger partial charge < -0.3 is 10.0 Å². The van der Waals surface area contributed by atoms with E-state index in [0.717, 1.165) is 5.56 Å². The Labute approximate surface area is 118 Å². The van der Waals surface area contributed by atoms with Gasteiger partial charge in [-0.05, 0) is 24.6 Å². The van der Waals surface area contributed by atoms with E-state index < -0.39 is 11.9 Å². The van der Waals surface area contributed by atoms with E-state index in [1.807, 2.05) is 13.0 Å². The number of halogens is 1. The maximum Gasteiger partial charge on any atom is 0.308 e. The summed E-state index contributed by atoms with van der Waals surface area (Å²) in [5.74, 6) is -1.55. The van der Waals surface area contributed by atoms with Gasteiger partial charge in [-0.1, -0.05) is 30.7 Å². The van der Waals surface area contributed by atoms with Crippen molar-refractivity contribution < 1.29 is 14.7 Å². The van der Waals surface area contributed by atoms with E-state index in [9.17, 15) is 9.59 Å². The third-order valence-corrected chi connectivity index (χ3v) is 3.13. The molecular weight excluding hydrogens is 266 g/mol. The zero-order valence-electron chi connectivity index (χ0n) is 11.1. The molecular formula is C14H18ClNO3. The molecule has 19 heavy (non-hydrogen) atoms. The molecule has 0 bridgehead atoms. The van der Waals surface area contributed by atoms with Crippen molar-refractivity contribution in [3.63, 3.8) is 0 Å². The van der Waals surface area contributed by atoms with Crippen LogP contribution in [0, 0.1) is 5.92 Å². The first-order chi connectivity index (χ1) is 8.93. The largest absolute Gasteiger partial charge is 0.481 e. The SMILES string of the molecule is CCN(C[C@H](C)C(=O)O)C(=O)Cc1cccc(Cl)c1. The Morgan fingerprint density at radius 3 is 2.63 bits per heavy atom. The summed E-state index contributed by atoms with van der Waals surface area (Å²) < 4.78 is 0. The molecule has 1 aromatic rings. The summed E-state index contributed by atoms with van der Waals surface area (Å²) in [6, 6.07) is 7.12. The van der Waals surface area contributed by atoms with Gasteiger partial charge in [0.1, 0.15) is 0 Å². The molecule has 0 radical (unpaired) electrons. The minimum absolute atomic E-state index is 0.0853. The van der Waals surface area contributed by atoms with Crippen molar-refractivity contribution in [1.29, 1.82) is 0 Å². The van der Waals surface area contributed by atoms with Crippen LogP contribution in [0.1, 0.15) is 19.4 Å². The lowest BCUT2D eigenvalue weighted by Gasteiger charge is -2.23. The highest BCUT2D eigenvalue weighted by atomic mass is 35.5. The predicted molar refractivity (Wildman–Crippen MR) is 74.2 cm³/mol. The van der Waals surface area contributed by atoms with Crippen LogP contribution in [0.2, 0.25) is 5.02 Å². The van der Waals surface area contributed by atoms with Crippen molar-refractivity contribution >= 4 is 23.5 Å². The van der Waals surface area contributed by atoms with Crippen LogP contribution >= 0.6 is 11.6 Å². The second-order valence-electron chi connectivity index (χ2n) is 4.48. The minimum atomic E-state index is -0.894. The highest BCUT2D eigenvalue weighted by molar-refractivity contribution is 6.30. The molecule has 4 nitrogen and oxygen atoms in total. The number of rotatable bonds is 6. The summed E-state index contributed by atoms with van der Waals surface area (Å²) in [5, 5.41) is 9.47. The lowest BCUT2D eigenvalue weighted by molar-refractivity contribution is -0.142. The number of carboxylic acid groups (broad SMARTS) is 1. The molecule has 1 N–H and O–H groups in total. The van der Waals surface area contributed by atoms with Gasteiger partial charge in [0.05, 0.1) is 12.3 Å². The molecule has 0 aliphatic heterocycles. The standard InChI is InChI=1S/C14H18ClNO3/c1-3-16(9-10(2)14(18)19)13(17)8-11-5-4-6-12(15)7-11/h4-7,10H,3,8-9H2,1-2H3,(H,18,19)/t10-/m0/s1. The second kappa shape index (κ2) is 7.14. The van der Waals surface area contributed by atoms with Crippen molar-refractivity contribution in [2.45, 2.75) is 20.3 Å². The summed E-state index contributed by atoms with van der Waals surface area (Å²) >= 11 is 5.87. The number of carbonyl (C=O) groups is 2. The monoisotopic (exact) mass is 283 g/mol. The fourth-order valence-corrected chi connectivity index (χ4v) is 1.96. The van der Waals surface area contributed by atoms with E-state index in [0.29, 0.717) is 11.6 Å². The average Bonchev–Trinajstić information content (AvgIpc) is 2.35. The van der Waals surface area contributed by atoms with Gasteiger partial charge in [0.15, 0.2) is 0 Å². The molecule has 1 amide bonds. The zero-order chi connectivity index (χ0) is 14.4. The summed E-state index contributed by atoms with van der Waals surface area (Å²) in [7, 11) is 0. The van der Waals surface area contributed by atoms with Crippen LogP contribution in [0.3, 0.4) is 0 Å². The highest BCUT2D eigenvalue weighted by Gasteiger charge is 2.19. The Balaban J connectivity index is 2.66. The number of aliphatic carboxylic acids is 1. The summed E-state index contributed by atoms with van der Waals surface area (Å²) in [4.78, 5) is 24.5. The molecule has 0 aliphatic carbocycles. The van der Waals surface area contributed by atoms with Crippen LogP contribution < -0.4 is 0 Å². The summed E-state index contributed by atoms with van der Waals surface area (Å²) in [6.07, 6.45) is 0.237. The molecule has 0 heterocycles. The van der Waals surface area contributed by atoms with Crippen LogP contribution in [-0.2, 0) is 16.0 Å². The fraction of sp³-hybridized carbons (Fsp3) is 0.429. The number of carbonyl (C=O) groups excluding carboxylic acids is 1. The smallest absolute Gasteiger partial charge is 0.308 e. The number of amides is 1. The molecule has 0 spiro atoms. The third kappa shape index (κ3) is 4.91. The van der Waals surface area contributed by atoms with Crippen LogP contribution in [0.25, 0.3) is 0 Å². The quantitative estimate of drug-likeness (QED) is 0.872. The van der Waals surface area contributed by atoms with Crippen LogP contribution in [-0.4, -0.2) is 35.0 Å². The van der Waals surface area contributed by atoms with Gasteiger partial charge in [-0.2, -0.15) is 0 Å². The highest BCUT2D eigenvalue weighted by Crippen LogP contribution is 2.12. The van der Waals surface area contributed by atoms with Gasteiger partial charge in [0.25, 0.3) is 0 Å². The molecule has 5 heteroatoms. The van der Waals surface area contributed by atoms with Gasteiger partial charge >= 0.3 is 5.97 Å². The lowest BCUT2D eigenvalue weighted by atomic mass is 10.1. The number of benzene rings is 1. The maximum absolute atomic E-state index is 12.1. The molecule has 0 aromatic heterocycles. The van der Waals surface area contributed by atoms with Crippen LogP contribution in [0.5, 0.6) is 0 Å². The van der Waals surface area contributed by atoms with Crippen molar-refractivity contribution in [2.24, 2.45) is 5.92 Å². The zero-order valence-corrected chi connectivity index (χ0v) is 11.9. The first-order valence-electron chi connectivity index (χ1n) is 6.19. The predicted octanol–water partition coefficient (Wildman–Crippen LogP) is 2.45. The third-order valence-electron chi connectivity index (χ3n) is 2.89. The van der Waals surface area contributed by atoms with Crippen molar-refractivity contribution in [3.8, 4) is 0 Å². The number of hydrogen-bond donors (Lipinski definition) is 1. The van der Waals surface area contributed by atoms with E-state index in [-0.39, 0.29) is 18.9 Å². The van der Waals surface area contributed by atoms with Crippen molar-refractivity contribution in [1.82, 2.24) is 4.90 Å². The Hall–Kier alpha value is -1.55. The number of likely N-dealkylation sites (N-methyl/N-ethyl adjacent to an activating group) is 1. The number of nitrogens with zero attached hydrogens (tertiary/aromatic N) is 1. The summed E-state index contributed by atoms with van der Waals surface area (Å²) in [5.41, 5.74) is 0.832. The van der Waals surface area contributed by atoms with E-state index in [2.05, 4.69) is 0 Å². The maximum atomic E-state index is 12.1. The van der Waals surface area contributed by atoms with Gasteiger partial charge in [-0.3, -0.25) is 9.59 Å². The average molecular weight is 284 g/mol. The van der Waals surface area contributed by atoms with Crippen LogP contribution in [0.4, 0.5) is 0 Å². The Bertz CT molecular complexity index is 462. The Kier molecular flexibility index (Phi) is 5.83. The molecule has 1 rings (SSSR count). The van der Waals surface area contributed by atoms with Gasteiger partial charge in [-0.15, -0.1) is 0 Å². The molecule has 0 fully saturated rings. The van der Waals surface area contributed by atoms with E-state index in [1.165, 1.54) is 0 Å². The topological polar surface area (TPSA) is 57.6 Å². The van der Waals surface area contributed by atoms with E-state index >= 15 is 0 Å². The van der Waals surface area contributed by atoms with Gasteiger partial charge in [-0.25, -0.2) is 0 Å². The van der Waals surface area contributed by atoms with E-state index in [4.69, 9.17) is 16.7 Å². The Morgan fingerprint density at radius 1 is 1.42 bits per heavy atom. The number of hydrogen-bond acceptors (Lipinski definition) is 2. The van der Waals surface area contributed by atoms with Gasteiger partial charge in [0.2, 0.25) is 5.91 Å². The Morgan fingerprint density at radius 2 is 2.11 bits per heavy atom. The summed E-state index contributed by atoms with van der Waals surface area (Å²) in [6.45, 7) is 4.16. The molecule has 0 saturated carbocycles. The van der Waals surface area contributed by atoms with Gasteiger partial charge in [0, 0.05) is 18.1 Å². The van der Waals surface area contributed by atoms with Crippen molar-refractivity contribution in [2.75, 3.05) is 13.1 Å². The van der Waals surface area contributed by atoms with E-state index in [1.54, 1.807) is 30.0 Å².